The van der Waals surface area contributed by atoms with Crippen molar-refractivity contribution >= 4 is 12.1 Å². The van der Waals surface area contributed by atoms with E-state index >= 15 is 0 Å². The number of hydrogen-bond donors (Lipinski definition) is 0. The number of amides is 1. The Balaban J connectivity index is 1.27. The van der Waals surface area contributed by atoms with Gasteiger partial charge in [-0.25, -0.2) is 9.48 Å². The Hall–Kier alpha value is -3.88. The summed E-state index contributed by atoms with van der Waals surface area (Å²) in [4.78, 5) is 25.6. The van der Waals surface area contributed by atoms with Crippen molar-refractivity contribution in [3.05, 3.63) is 72.1 Å². The Bertz CT molecular complexity index is 1120. The average Bonchev–Trinajstić information content (AvgIpc) is 3.37. The second-order valence-electron chi connectivity index (χ2n) is 8.67. The molecule has 2 aromatic carbocycles. The second kappa shape index (κ2) is 11.5. The van der Waals surface area contributed by atoms with Crippen LogP contribution in [0.25, 0.3) is 5.69 Å². The van der Waals surface area contributed by atoms with Crippen molar-refractivity contribution in [1.29, 1.82) is 0 Å². The van der Waals surface area contributed by atoms with Crippen molar-refractivity contribution in [1.82, 2.24) is 19.9 Å². The van der Waals surface area contributed by atoms with Crippen LogP contribution in [-0.4, -0.2) is 52.2 Å². The summed E-state index contributed by atoms with van der Waals surface area (Å²) >= 11 is 0. The molecule has 1 aliphatic rings. The summed E-state index contributed by atoms with van der Waals surface area (Å²) in [5, 5.41) is 8.23. The first kappa shape index (κ1) is 24.3. The fraction of sp³-hybridized carbons (Fsp3) is 0.385. The largest absolute Gasteiger partial charge is 0.490 e. The Morgan fingerprint density at radius 3 is 2.60 bits per heavy atom. The molecule has 1 amide bonds. The van der Waals surface area contributed by atoms with Gasteiger partial charge in [0.2, 0.25) is 0 Å². The maximum atomic E-state index is 12.3. The third-order valence-electron chi connectivity index (χ3n) is 6.02. The minimum absolute atomic E-state index is 0.00798. The summed E-state index contributed by atoms with van der Waals surface area (Å²) in [6, 6.07) is 17.2. The van der Waals surface area contributed by atoms with Crippen LogP contribution in [0.4, 0.5) is 4.79 Å². The van der Waals surface area contributed by atoms with Gasteiger partial charge in [0.25, 0.3) is 0 Å². The Morgan fingerprint density at radius 1 is 1.09 bits per heavy atom. The average molecular weight is 479 g/mol. The van der Waals surface area contributed by atoms with E-state index in [-0.39, 0.29) is 24.6 Å². The van der Waals surface area contributed by atoms with Gasteiger partial charge in [0.05, 0.1) is 31.0 Å². The maximum Gasteiger partial charge on any atom is 0.410 e. The molecule has 9 heteroatoms. The first-order valence-corrected chi connectivity index (χ1v) is 11.7. The lowest BCUT2D eigenvalue weighted by Gasteiger charge is -2.28. The van der Waals surface area contributed by atoms with Crippen molar-refractivity contribution < 1.29 is 23.8 Å². The molecule has 35 heavy (non-hydrogen) atoms. The van der Waals surface area contributed by atoms with Gasteiger partial charge in [0.15, 0.2) is 0 Å². The highest BCUT2D eigenvalue weighted by Gasteiger charge is 2.29. The zero-order valence-corrected chi connectivity index (χ0v) is 20.0. The van der Waals surface area contributed by atoms with Gasteiger partial charge in [-0.1, -0.05) is 35.5 Å². The zero-order chi connectivity index (χ0) is 24.6. The lowest BCUT2D eigenvalue weighted by Crippen LogP contribution is -2.30. The van der Waals surface area contributed by atoms with Gasteiger partial charge in [0.1, 0.15) is 18.1 Å². The van der Waals surface area contributed by atoms with E-state index in [4.69, 9.17) is 14.2 Å². The molecule has 0 N–H and O–H groups in total. The number of nitrogens with zero attached hydrogens (tertiary/aromatic N) is 4. The molecule has 2 atom stereocenters. The highest BCUT2D eigenvalue weighted by atomic mass is 16.6. The molecule has 0 saturated heterocycles. The number of carbonyl (C=O) groups is 2. The number of esters is 1. The molecule has 0 aliphatic heterocycles. The third-order valence-corrected chi connectivity index (χ3v) is 6.02. The lowest BCUT2D eigenvalue weighted by atomic mass is 9.87. The number of ether oxygens (including phenoxy) is 3. The van der Waals surface area contributed by atoms with E-state index < -0.39 is 6.09 Å². The van der Waals surface area contributed by atoms with Gasteiger partial charge in [-0.15, -0.1) is 5.10 Å². The van der Waals surface area contributed by atoms with Gasteiger partial charge < -0.3 is 19.1 Å². The van der Waals surface area contributed by atoms with E-state index in [9.17, 15) is 9.59 Å². The van der Waals surface area contributed by atoms with Crippen molar-refractivity contribution in [2.75, 3.05) is 14.2 Å². The van der Waals surface area contributed by atoms with E-state index in [0.29, 0.717) is 18.7 Å². The van der Waals surface area contributed by atoms with Crippen LogP contribution in [0.3, 0.4) is 0 Å². The number of hydrogen-bond acceptors (Lipinski definition) is 7. The lowest BCUT2D eigenvalue weighted by molar-refractivity contribution is -0.147. The standard InChI is InChI=1S/C26H30N4O5/c1-29(16-19-7-4-3-5-8-19)26(32)34-18-21-17-30(28-27-21)22-11-13-23(14-12-22)35-24-10-6-9-20(15-24)25(31)33-2/h3-5,7-8,11-14,17,20,24H,6,9-10,15-16,18H2,1-2H3/t20-,24-/m0/s1. The molecule has 184 valence electrons. The minimum Gasteiger partial charge on any atom is -0.490 e. The molecule has 0 spiro atoms. The van der Waals surface area contributed by atoms with Crippen LogP contribution in [-0.2, 0) is 27.4 Å². The first-order valence-electron chi connectivity index (χ1n) is 11.7. The summed E-state index contributed by atoms with van der Waals surface area (Å²) in [7, 11) is 3.12. The highest BCUT2D eigenvalue weighted by Crippen LogP contribution is 2.29. The van der Waals surface area contributed by atoms with Crippen LogP contribution in [0, 0.1) is 5.92 Å². The summed E-state index contributed by atoms with van der Waals surface area (Å²) < 4.78 is 18.0. The number of carbonyl (C=O) groups excluding carboxylic acids is 2. The number of aromatic nitrogens is 3. The fourth-order valence-electron chi connectivity index (χ4n) is 4.16. The SMILES string of the molecule is COC(=O)[C@H]1CCC[C@H](Oc2ccc(-n3cc(COC(=O)N(C)Cc4ccccc4)nn3)cc2)C1. The summed E-state index contributed by atoms with van der Waals surface area (Å²) in [5.41, 5.74) is 2.37. The molecule has 0 bridgehead atoms. The van der Waals surface area contributed by atoms with Crippen LogP contribution < -0.4 is 4.74 Å². The molecule has 1 aliphatic carbocycles. The zero-order valence-electron chi connectivity index (χ0n) is 20.0. The molecule has 1 heterocycles. The molecule has 4 rings (SSSR count). The van der Waals surface area contributed by atoms with E-state index in [1.165, 1.54) is 12.0 Å². The minimum atomic E-state index is -0.429. The Labute approximate surface area is 204 Å². The van der Waals surface area contributed by atoms with Crippen LogP contribution in [0.2, 0.25) is 0 Å². The number of methoxy groups -OCH3 is 1. The molecule has 0 unspecified atom stereocenters. The monoisotopic (exact) mass is 478 g/mol. The Morgan fingerprint density at radius 2 is 1.86 bits per heavy atom. The van der Waals surface area contributed by atoms with Gasteiger partial charge in [0, 0.05) is 13.6 Å². The van der Waals surface area contributed by atoms with Gasteiger partial charge >= 0.3 is 12.1 Å². The third kappa shape index (κ3) is 6.59. The number of rotatable bonds is 8. The maximum absolute atomic E-state index is 12.3. The van der Waals surface area contributed by atoms with Crippen LogP contribution >= 0.6 is 0 Å². The van der Waals surface area contributed by atoms with Crippen molar-refractivity contribution in [3.63, 3.8) is 0 Å². The second-order valence-corrected chi connectivity index (χ2v) is 8.67. The summed E-state index contributed by atoms with van der Waals surface area (Å²) in [6.07, 6.45) is 4.66. The molecule has 1 aromatic heterocycles. The summed E-state index contributed by atoms with van der Waals surface area (Å²) in [5.74, 6) is 0.475. The Kier molecular flexibility index (Phi) is 7.97. The van der Waals surface area contributed by atoms with Gasteiger partial charge in [-0.2, -0.15) is 0 Å². The molecule has 1 fully saturated rings. The normalized spacial score (nSPS) is 17.4. The molecule has 1 saturated carbocycles. The first-order chi connectivity index (χ1) is 17.0. The van der Waals surface area contributed by atoms with Gasteiger partial charge in [-0.05, 0) is 55.5 Å². The molecular weight excluding hydrogens is 448 g/mol. The highest BCUT2D eigenvalue weighted by molar-refractivity contribution is 5.72. The number of benzene rings is 2. The topological polar surface area (TPSA) is 95.8 Å². The summed E-state index contributed by atoms with van der Waals surface area (Å²) in [6.45, 7) is 0.493. The molecule has 0 radical (unpaired) electrons. The molecule has 9 nitrogen and oxygen atoms in total. The van der Waals surface area contributed by atoms with Gasteiger partial charge in [-0.3, -0.25) is 4.79 Å². The van der Waals surface area contributed by atoms with Crippen LogP contribution in [0.1, 0.15) is 36.9 Å². The van der Waals surface area contributed by atoms with Crippen molar-refractivity contribution in [2.24, 2.45) is 5.92 Å². The molecule has 3 aromatic rings. The van der Waals surface area contributed by atoms with E-state index in [0.717, 1.165) is 36.3 Å². The van der Waals surface area contributed by atoms with E-state index in [1.807, 2.05) is 54.6 Å². The fourth-order valence-corrected chi connectivity index (χ4v) is 4.16. The van der Waals surface area contributed by atoms with Crippen LogP contribution in [0.15, 0.2) is 60.8 Å². The van der Waals surface area contributed by atoms with E-state index in [1.54, 1.807) is 17.9 Å². The van der Waals surface area contributed by atoms with Crippen LogP contribution in [0.5, 0.6) is 5.75 Å². The molecular formula is C26H30N4O5. The van der Waals surface area contributed by atoms with E-state index in [2.05, 4.69) is 10.3 Å². The quantitative estimate of drug-likeness (QED) is 0.449. The van der Waals surface area contributed by atoms with Crippen molar-refractivity contribution in [3.8, 4) is 11.4 Å². The smallest absolute Gasteiger partial charge is 0.410 e. The van der Waals surface area contributed by atoms with Crippen molar-refractivity contribution in [2.45, 2.75) is 44.9 Å². The predicted molar refractivity (Wildman–Crippen MR) is 128 cm³/mol. The predicted octanol–water partition coefficient (Wildman–Crippen LogP) is 4.15.